The molecule has 1 fully saturated rings. The first kappa shape index (κ1) is 12.4. The van der Waals surface area contributed by atoms with Gasteiger partial charge < -0.3 is 9.05 Å². The summed E-state index contributed by atoms with van der Waals surface area (Å²) in [6, 6.07) is 0. The van der Waals surface area contributed by atoms with Crippen molar-refractivity contribution < 1.29 is 17.8 Å². The van der Waals surface area contributed by atoms with E-state index in [-0.39, 0.29) is 0 Å². The zero-order valence-electron chi connectivity index (χ0n) is 8.60. The first-order chi connectivity index (χ1) is 6.64. The molecule has 1 saturated heterocycles. The third-order valence-electron chi connectivity index (χ3n) is 2.07. The predicted octanol–water partition coefficient (Wildman–Crippen LogP) is 2.12. The zero-order chi connectivity index (χ0) is 10.6. The van der Waals surface area contributed by atoms with Gasteiger partial charge in [-0.05, 0) is 26.7 Å². The molecule has 1 rings (SSSR count). The Labute approximate surface area is 87.4 Å². The van der Waals surface area contributed by atoms with Gasteiger partial charge in [-0.3, -0.25) is 8.77 Å². The van der Waals surface area contributed by atoms with Crippen LogP contribution in [-0.2, 0) is 24.4 Å². The molecule has 1 heterocycles. The number of hydrogen-bond acceptors (Lipinski definition) is 4. The van der Waals surface area contributed by atoms with Gasteiger partial charge in [-0.25, -0.2) is 0 Å². The molecule has 0 aromatic rings. The van der Waals surface area contributed by atoms with Gasteiger partial charge in [-0.1, -0.05) is 0 Å². The van der Waals surface area contributed by atoms with Crippen molar-refractivity contribution in [2.45, 2.75) is 31.7 Å². The largest absolute Gasteiger partial charge is 0.346 e. The van der Waals surface area contributed by atoms with E-state index in [2.05, 4.69) is 0 Å². The third-order valence-corrected chi connectivity index (χ3v) is 7.28. The van der Waals surface area contributed by atoms with Gasteiger partial charge in [0.1, 0.15) is 4.99 Å². The molecule has 6 heteroatoms. The van der Waals surface area contributed by atoms with Crippen LogP contribution in [0, 0.1) is 0 Å². The standard InChI is InChI=1S/C8H17O4PS/c1-3-11-13(9,12-4-2)8-6-5-7-14(8)10/h8H,3-7H2,1-2H3. The van der Waals surface area contributed by atoms with E-state index in [1.54, 1.807) is 13.8 Å². The lowest BCUT2D eigenvalue weighted by Crippen LogP contribution is -2.14. The minimum Gasteiger partial charge on any atom is -0.308 e. The summed E-state index contributed by atoms with van der Waals surface area (Å²) in [7, 11) is -4.17. The van der Waals surface area contributed by atoms with Crippen molar-refractivity contribution in [2.24, 2.45) is 0 Å². The summed E-state index contributed by atoms with van der Waals surface area (Å²) < 4.78 is 34.1. The van der Waals surface area contributed by atoms with Gasteiger partial charge in [-0.2, -0.15) is 0 Å². The highest BCUT2D eigenvalue weighted by Gasteiger charge is 2.42. The summed E-state index contributed by atoms with van der Waals surface area (Å²) in [6.07, 6.45) is 1.53. The summed E-state index contributed by atoms with van der Waals surface area (Å²) in [4.78, 5) is -0.401. The fraction of sp³-hybridized carbons (Fsp3) is 1.00. The van der Waals surface area contributed by atoms with Crippen molar-refractivity contribution in [1.82, 2.24) is 0 Å². The van der Waals surface area contributed by atoms with E-state index in [0.29, 0.717) is 25.4 Å². The minimum absolute atomic E-state index is 0.338. The maximum Gasteiger partial charge on any atom is 0.346 e. The molecule has 0 saturated carbocycles. The second-order valence-corrected chi connectivity index (χ2v) is 7.36. The first-order valence-electron chi connectivity index (χ1n) is 4.90. The Morgan fingerprint density at radius 1 is 1.36 bits per heavy atom. The molecule has 1 aliphatic heterocycles. The SMILES string of the molecule is CCOP(=O)(OCC)C1CCCS1=O. The van der Waals surface area contributed by atoms with Crippen molar-refractivity contribution in [3.63, 3.8) is 0 Å². The fourth-order valence-electron chi connectivity index (χ4n) is 1.53. The second-order valence-electron chi connectivity index (χ2n) is 3.06. The van der Waals surface area contributed by atoms with Gasteiger partial charge in [0.25, 0.3) is 0 Å². The molecule has 84 valence electrons. The smallest absolute Gasteiger partial charge is 0.308 e. The molecule has 2 unspecified atom stereocenters. The molecule has 0 spiro atoms. The van der Waals surface area contributed by atoms with Gasteiger partial charge >= 0.3 is 7.60 Å². The van der Waals surface area contributed by atoms with Gasteiger partial charge in [0.05, 0.1) is 13.2 Å². The lowest BCUT2D eigenvalue weighted by molar-refractivity contribution is 0.217. The van der Waals surface area contributed by atoms with Crippen molar-refractivity contribution in [2.75, 3.05) is 19.0 Å². The summed E-state index contributed by atoms with van der Waals surface area (Å²) in [5, 5.41) is 0. The molecule has 2 atom stereocenters. The van der Waals surface area contributed by atoms with Gasteiger partial charge in [0.15, 0.2) is 0 Å². The van der Waals surface area contributed by atoms with Crippen molar-refractivity contribution in [3.05, 3.63) is 0 Å². The van der Waals surface area contributed by atoms with Crippen molar-refractivity contribution in [1.29, 1.82) is 0 Å². The normalized spacial score (nSPS) is 28.1. The Kier molecular flexibility index (Phi) is 4.77. The maximum atomic E-state index is 12.2. The summed E-state index contributed by atoms with van der Waals surface area (Å²) >= 11 is 0. The molecule has 4 nitrogen and oxygen atoms in total. The quantitative estimate of drug-likeness (QED) is 0.691. The highest BCUT2D eigenvalue weighted by atomic mass is 32.2. The van der Waals surface area contributed by atoms with Crippen molar-refractivity contribution >= 4 is 18.4 Å². The Hall–Kier alpha value is 0.300. The van der Waals surface area contributed by atoms with Gasteiger partial charge in [0, 0.05) is 16.6 Å². The van der Waals surface area contributed by atoms with E-state index >= 15 is 0 Å². The van der Waals surface area contributed by atoms with Crippen LogP contribution in [0.25, 0.3) is 0 Å². The van der Waals surface area contributed by atoms with Crippen LogP contribution >= 0.6 is 7.60 Å². The first-order valence-corrected chi connectivity index (χ1v) is 7.89. The van der Waals surface area contributed by atoms with Crippen LogP contribution in [0.4, 0.5) is 0 Å². The molecule has 0 radical (unpaired) electrons. The number of hydrogen-bond donors (Lipinski definition) is 0. The summed E-state index contributed by atoms with van der Waals surface area (Å²) in [6.45, 7) is 4.21. The minimum atomic E-state index is -3.12. The van der Waals surface area contributed by atoms with E-state index in [1.165, 1.54) is 0 Å². The molecule has 0 aromatic carbocycles. The molecule has 0 bridgehead atoms. The van der Waals surface area contributed by atoms with Crippen LogP contribution in [0.15, 0.2) is 0 Å². The van der Waals surface area contributed by atoms with Gasteiger partial charge in [-0.15, -0.1) is 0 Å². The third kappa shape index (κ3) is 2.66. The zero-order valence-corrected chi connectivity index (χ0v) is 10.3. The van der Waals surface area contributed by atoms with Crippen LogP contribution in [0.5, 0.6) is 0 Å². The van der Waals surface area contributed by atoms with Gasteiger partial charge in [0.2, 0.25) is 0 Å². The van der Waals surface area contributed by atoms with Crippen LogP contribution < -0.4 is 0 Å². The van der Waals surface area contributed by atoms with Crippen LogP contribution in [0.3, 0.4) is 0 Å². The summed E-state index contributed by atoms with van der Waals surface area (Å²) in [5.41, 5.74) is 0. The monoisotopic (exact) mass is 240 g/mol. The van der Waals surface area contributed by atoms with Crippen LogP contribution in [0.1, 0.15) is 26.7 Å². The highest BCUT2D eigenvalue weighted by Crippen LogP contribution is 2.57. The van der Waals surface area contributed by atoms with Crippen LogP contribution in [0.2, 0.25) is 0 Å². The lowest BCUT2D eigenvalue weighted by Gasteiger charge is -2.21. The second kappa shape index (κ2) is 5.40. The Balaban J connectivity index is 2.75. The molecule has 1 aliphatic rings. The molecular weight excluding hydrogens is 223 g/mol. The molecule has 0 aromatic heterocycles. The lowest BCUT2D eigenvalue weighted by atomic mass is 10.4. The fourth-order valence-corrected chi connectivity index (χ4v) is 6.15. The van der Waals surface area contributed by atoms with E-state index in [0.717, 1.165) is 6.42 Å². The predicted molar refractivity (Wildman–Crippen MR) is 56.9 cm³/mol. The molecular formula is C8H17O4PS. The summed E-state index contributed by atoms with van der Waals surface area (Å²) in [5.74, 6) is 0.620. The highest BCUT2D eigenvalue weighted by molar-refractivity contribution is 7.93. The van der Waals surface area contributed by atoms with E-state index in [9.17, 15) is 8.77 Å². The Morgan fingerprint density at radius 2 is 1.93 bits per heavy atom. The van der Waals surface area contributed by atoms with E-state index in [1.807, 2.05) is 0 Å². The Morgan fingerprint density at radius 3 is 2.29 bits per heavy atom. The van der Waals surface area contributed by atoms with E-state index in [4.69, 9.17) is 9.05 Å². The maximum absolute atomic E-state index is 12.2. The van der Waals surface area contributed by atoms with E-state index < -0.39 is 23.4 Å². The molecule has 0 aliphatic carbocycles. The molecule has 14 heavy (non-hydrogen) atoms. The number of rotatable bonds is 5. The molecule has 0 amide bonds. The van der Waals surface area contributed by atoms with Crippen LogP contribution in [-0.4, -0.2) is 28.2 Å². The van der Waals surface area contributed by atoms with Crippen molar-refractivity contribution in [3.8, 4) is 0 Å². The average Bonchev–Trinajstić information content (AvgIpc) is 2.52. The molecule has 0 N–H and O–H groups in total. The average molecular weight is 240 g/mol. The topological polar surface area (TPSA) is 52.6 Å². The Bertz CT molecular complexity index is 246.